The maximum atomic E-state index is 12.6. The van der Waals surface area contributed by atoms with Crippen molar-refractivity contribution in [3.05, 3.63) is 65.0 Å². The predicted molar refractivity (Wildman–Crippen MR) is 88.0 cm³/mol. The van der Waals surface area contributed by atoms with Gasteiger partial charge in [-0.25, -0.2) is 0 Å². The number of pyridine rings is 1. The summed E-state index contributed by atoms with van der Waals surface area (Å²) in [4.78, 5) is 16.8. The first-order chi connectivity index (χ1) is 10.7. The maximum absolute atomic E-state index is 12.6. The van der Waals surface area contributed by atoms with Gasteiger partial charge < -0.3 is 5.32 Å². The Morgan fingerprint density at radius 2 is 2.00 bits per heavy atom. The molecule has 1 atom stereocenters. The highest BCUT2D eigenvalue weighted by atomic mass is 16.1. The van der Waals surface area contributed by atoms with Crippen LogP contribution in [-0.4, -0.2) is 16.8 Å². The van der Waals surface area contributed by atoms with Crippen LogP contribution >= 0.6 is 0 Å². The number of Topliss-reactive ketones (excluding diaryl/α,β-unsaturated/α-hetero) is 1. The number of hydrogen-bond acceptors (Lipinski definition) is 3. The Labute approximate surface area is 131 Å². The van der Waals surface area contributed by atoms with Crippen LogP contribution in [0, 0.1) is 0 Å². The number of ketones is 1. The van der Waals surface area contributed by atoms with Crippen LogP contribution in [-0.2, 0) is 19.4 Å². The molecule has 1 aliphatic rings. The van der Waals surface area contributed by atoms with Crippen LogP contribution in [0.3, 0.4) is 0 Å². The van der Waals surface area contributed by atoms with Crippen molar-refractivity contribution in [1.29, 1.82) is 0 Å². The van der Waals surface area contributed by atoms with Crippen molar-refractivity contribution in [3.8, 4) is 0 Å². The quantitative estimate of drug-likeness (QED) is 0.860. The zero-order valence-electron chi connectivity index (χ0n) is 13.0. The van der Waals surface area contributed by atoms with Crippen molar-refractivity contribution in [1.82, 2.24) is 10.3 Å². The second-order valence-electron chi connectivity index (χ2n) is 5.98. The van der Waals surface area contributed by atoms with Crippen LogP contribution in [0.25, 0.3) is 0 Å². The van der Waals surface area contributed by atoms with E-state index in [4.69, 9.17) is 0 Å². The summed E-state index contributed by atoms with van der Waals surface area (Å²) in [6, 6.07) is 11.8. The monoisotopic (exact) mass is 294 g/mol. The summed E-state index contributed by atoms with van der Waals surface area (Å²) < 4.78 is 0. The Hall–Kier alpha value is -2.00. The number of nitrogens with zero attached hydrogens (tertiary/aromatic N) is 1. The average molecular weight is 294 g/mol. The third-order valence-electron chi connectivity index (χ3n) is 4.34. The van der Waals surface area contributed by atoms with Gasteiger partial charge >= 0.3 is 0 Å². The van der Waals surface area contributed by atoms with Gasteiger partial charge in [0.25, 0.3) is 0 Å². The van der Waals surface area contributed by atoms with Gasteiger partial charge in [0, 0.05) is 18.3 Å². The fourth-order valence-electron chi connectivity index (χ4n) is 2.99. The van der Waals surface area contributed by atoms with Gasteiger partial charge in [0.1, 0.15) is 0 Å². The lowest BCUT2D eigenvalue weighted by molar-refractivity contribution is 0.0950. The van der Waals surface area contributed by atoms with Gasteiger partial charge in [-0.3, -0.25) is 9.78 Å². The molecule has 3 rings (SSSR count). The highest BCUT2D eigenvalue weighted by Gasteiger charge is 2.17. The minimum absolute atomic E-state index is 0.157. The predicted octanol–water partition coefficient (Wildman–Crippen LogP) is 3.32. The number of nitrogens with one attached hydrogen (secondary N) is 1. The molecule has 1 unspecified atom stereocenters. The lowest BCUT2D eigenvalue weighted by Gasteiger charge is -2.18. The van der Waals surface area contributed by atoms with Crippen LogP contribution in [0.1, 0.15) is 46.9 Å². The van der Waals surface area contributed by atoms with E-state index < -0.39 is 0 Å². The molecule has 0 saturated heterocycles. The molecule has 0 aliphatic heterocycles. The van der Waals surface area contributed by atoms with Crippen molar-refractivity contribution < 1.29 is 4.79 Å². The van der Waals surface area contributed by atoms with Crippen LogP contribution in [0.15, 0.2) is 42.6 Å². The lowest BCUT2D eigenvalue weighted by Crippen LogP contribution is -2.33. The van der Waals surface area contributed by atoms with Gasteiger partial charge in [-0.2, -0.15) is 0 Å². The normalized spacial score (nSPS) is 15.1. The van der Waals surface area contributed by atoms with Crippen molar-refractivity contribution in [2.24, 2.45) is 0 Å². The molecule has 114 valence electrons. The number of benzene rings is 1. The summed E-state index contributed by atoms with van der Waals surface area (Å²) in [6.45, 7) is 2.53. The molecule has 1 aliphatic carbocycles. The molecule has 2 aromatic rings. The van der Waals surface area contributed by atoms with Crippen molar-refractivity contribution >= 4 is 5.78 Å². The van der Waals surface area contributed by atoms with E-state index in [0.29, 0.717) is 6.54 Å². The summed E-state index contributed by atoms with van der Waals surface area (Å²) >= 11 is 0. The molecule has 3 nitrogen and oxygen atoms in total. The first kappa shape index (κ1) is 14.9. The third-order valence-corrected chi connectivity index (χ3v) is 4.34. The van der Waals surface area contributed by atoms with Gasteiger partial charge in [-0.15, -0.1) is 0 Å². The van der Waals surface area contributed by atoms with E-state index in [0.717, 1.165) is 24.1 Å². The number of rotatable bonds is 5. The topological polar surface area (TPSA) is 42.0 Å². The number of carbonyl (C=O) groups excluding carboxylic acids is 1. The minimum Gasteiger partial charge on any atom is -0.302 e. The summed E-state index contributed by atoms with van der Waals surface area (Å²) in [5.41, 5.74) is 4.54. The largest absolute Gasteiger partial charge is 0.302 e. The Kier molecular flexibility index (Phi) is 4.64. The second-order valence-corrected chi connectivity index (χ2v) is 5.98. The molecule has 0 fully saturated rings. The second kappa shape index (κ2) is 6.84. The maximum Gasteiger partial charge on any atom is 0.179 e. The van der Waals surface area contributed by atoms with Crippen LogP contribution in [0.5, 0.6) is 0 Å². The first-order valence-corrected chi connectivity index (χ1v) is 8.03. The zero-order valence-corrected chi connectivity index (χ0v) is 13.0. The number of hydrogen-bond donors (Lipinski definition) is 1. The van der Waals surface area contributed by atoms with Crippen molar-refractivity contribution in [2.45, 2.75) is 45.2 Å². The molecule has 1 heterocycles. The molecular formula is C19H22N2O. The summed E-state index contributed by atoms with van der Waals surface area (Å²) in [5.74, 6) is 0.157. The van der Waals surface area contributed by atoms with Gasteiger partial charge in [0.05, 0.1) is 11.7 Å². The average Bonchev–Trinajstić information content (AvgIpc) is 2.59. The van der Waals surface area contributed by atoms with Crippen LogP contribution in [0.4, 0.5) is 0 Å². The zero-order chi connectivity index (χ0) is 15.4. The van der Waals surface area contributed by atoms with Gasteiger partial charge in [-0.05, 0) is 61.9 Å². The molecule has 0 spiro atoms. The lowest BCUT2D eigenvalue weighted by atomic mass is 9.89. The number of fused-ring (bicyclic) bond motifs is 1. The van der Waals surface area contributed by atoms with E-state index in [1.807, 2.05) is 31.2 Å². The van der Waals surface area contributed by atoms with Gasteiger partial charge in [0.2, 0.25) is 0 Å². The molecule has 0 saturated carbocycles. The van der Waals surface area contributed by atoms with Gasteiger partial charge in [0.15, 0.2) is 5.78 Å². The summed E-state index contributed by atoms with van der Waals surface area (Å²) in [5, 5.41) is 3.27. The fraction of sp³-hybridized carbons (Fsp3) is 0.368. The minimum atomic E-state index is -0.205. The molecule has 1 aromatic heterocycles. The van der Waals surface area contributed by atoms with E-state index >= 15 is 0 Å². The Morgan fingerprint density at radius 1 is 1.18 bits per heavy atom. The van der Waals surface area contributed by atoms with Crippen molar-refractivity contribution in [2.75, 3.05) is 0 Å². The Balaban J connectivity index is 1.65. The summed E-state index contributed by atoms with van der Waals surface area (Å²) in [6.07, 6.45) is 6.52. The molecule has 0 radical (unpaired) electrons. The highest BCUT2D eigenvalue weighted by molar-refractivity contribution is 6.00. The highest BCUT2D eigenvalue weighted by Crippen LogP contribution is 2.22. The van der Waals surface area contributed by atoms with E-state index in [9.17, 15) is 4.79 Å². The third kappa shape index (κ3) is 3.42. The summed E-state index contributed by atoms with van der Waals surface area (Å²) in [7, 11) is 0. The van der Waals surface area contributed by atoms with E-state index in [2.05, 4.69) is 22.4 Å². The van der Waals surface area contributed by atoms with E-state index in [1.165, 1.54) is 24.0 Å². The molecular weight excluding hydrogens is 272 g/mol. The first-order valence-electron chi connectivity index (χ1n) is 8.03. The standard InChI is InChI=1S/C19H22N2O/c1-14(21-13-18-8-4-5-11-20-18)19(22)17-10-9-15-6-2-3-7-16(15)12-17/h4-5,8-12,14,21H,2-3,6-7,13H2,1H3. The molecule has 1 aromatic carbocycles. The number of aromatic nitrogens is 1. The van der Waals surface area contributed by atoms with E-state index in [1.54, 1.807) is 6.20 Å². The van der Waals surface area contributed by atoms with Gasteiger partial charge in [-0.1, -0.05) is 18.2 Å². The Bertz CT molecular complexity index is 652. The SMILES string of the molecule is CC(NCc1ccccn1)C(=O)c1ccc2c(c1)CCCC2. The van der Waals surface area contributed by atoms with E-state index in [-0.39, 0.29) is 11.8 Å². The fourth-order valence-corrected chi connectivity index (χ4v) is 2.99. The molecule has 1 N–H and O–H groups in total. The molecule has 0 bridgehead atoms. The van der Waals surface area contributed by atoms with Crippen LogP contribution < -0.4 is 5.32 Å². The molecule has 3 heteroatoms. The molecule has 22 heavy (non-hydrogen) atoms. The molecule has 0 amide bonds. The van der Waals surface area contributed by atoms with Crippen LogP contribution in [0.2, 0.25) is 0 Å². The Morgan fingerprint density at radius 3 is 2.77 bits per heavy atom. The van der Waals surface area contributed by atoms with Crippen molar-refractivity contribution in [3.63, 3.8) is 0 Å². The smallest absolute Gasteiger partial charge is 0.179 e. The number of aryl methyl sites for hydroxylation is 2. The number of carbonyl (C=O) groups is 1.